The third kappa shape index (κ3) is 4.82. The van der Waals surface area contributed by atoms with Crippen molar-refractivity contribution >= 4 is 12.4 Å². The van der Waals surface area contributed by atoms with Gasteiger partial charge in [0.15, 0.2) is 37.9 Å². The Hall–Kier alpha value is -3.02. The predicted molar refractivity (Wildman–Crippen MR) is 81.2 cm³/mol. The van der Waals surface area contributed by atoms with Crippen LogP contribution >= 0.6 is 0 Å². The number of pyridine rings is 2. The van der Waals surface area contributed by atoms with Crippen LogP contribution < -0.4 is 9.13 Å². The van der Waals surface area contributed by atoms with Gasteiger partial charge < -0.3 is 10.4 Å². The number of oxime groups is 2. The Balaban J connectivity index is 1.93. The Kier molecular flexibility index (Phi) is 5.80. The molecule has 0 unspecified atom stereocenters. The zero-order valence-electron chi connectivity index (χ0n) is 12.0. The van der Waals surface area contributed by atoms with Gasteiger partial charge in [-0.3, -0.25) is 0 Å². The molecular formula is C16H18N4O2+2. The van der Waals surface area contributed by atoms with Crippen LogP contribution in [0.5, 0.6) is 0 Å². The monoisotopic (exact) mass is 298 g/mol. The van der Waals surface area contributed by atoms with Gasteiger partial charge in [-0.25, -0.2) is 9.13 Å². The molecule has 0 fully saturated rings. The summed E-state index contributed by atoms with van der Waals surface area (Å²) in [6, 6.07) is 7.53. The molecule has 2 heterocycles. The van der Waals surface area contributed by atoms with E-state index >= 15 is 0 Å². The minimum absolute atomic E-state index is 0.728. The summed E-state index contributed by atoms with van der Waals surface area (Å²) in [7, 11) is 0. The normalized spacial score (nSPS) is 11.8. The number of hydrogen-bond acceptors (Lipinski definition) is 4. The average Bonchev–Trinajstić information content (AvgIpc) is 2.53. The van der Waals surface area contributed by atoms with Crippen molar-refractivity contribution in [3.8, 4) is 0 Å². The molecule has 2 aromatic heterocycles. The topological polar surface area (TPSA) is 72.9 Å². The smallest absolute Gasteiger partial charge is 0.178 e. The van der Waals surface area contributed by atoms with Crippen LogP contribution in [0.3, 0.4) is 0 Å². The molecule has 22 heavy (non-hydrogen) atoms. The van der Waals surface area contributed by atoms with E-state index in [0.29, 0.717) is 0 Å². The molecule has 112 valence electrons. The molecule has 0 radical (unpaired) electrons. The zero-order valence-corrected chi connectivity index (χ0v) is 12.0. The SMILES string of the molecule is O/N=C\c1ccc[n+](C/C=C\C[n+]2cccc(/C=N\O)c2)c1. The molecule has 0 aliphatic rings. The van der Waals surface area contributed by atoms with Crippen molar-refractivity contribution < 1.29 is 19.5 Å². The quantitative estimate of drug-likeness (QED) is 0.276. The number of allylic oxidation sites excluding steroid dienone is 2. The molecule has 2 rings (SSSR count). The fourth-order valence-electron chi connectivity index (χ4n) is 1.99. The maximum absolute atomic E-state index is 8.53. The van der Waals surface area contributed by atoms with Gasteiger partial charge in [0.05, 0.1) is 23.6 Å². The van der Waals surface area contributed by atoms with E-state index in [0.717, 1.165) is 24.2 Å². The van der Waals surface area contributed by atoms with E-state index in [4.69, 9.17) is 10.4 Å². The van der Waals surface area contributed by atoms with Crippen molar-refractivity contribution in [2.75, 3.05) is 0 Å². The molecule has 2 aromatic rings. The molecule has 0 spiro atoms. The Morgan fingerprint density at radius 1 is 0.818 bits per heavy atom. The Bertz CT molecular complexity index is 637. The van der Waals surface area contributed by atoms with Crippen LogP contribution in [0.15, 0.2) is 71.5 Å². The number of rotatable bonds is 6. The molecule has 0 bridgehead atoms. The molecule has 0 aromatic carbocycles. The number of nitrogens with zero attached hydrogens (tertiary/aromatic N) is 4. The Morgan fingerprint density at radius 2 is 1.27 bits per heavy atom. The van der Waals surface area contributed by atoms with Crippen LogP contribution in [0.25, 0.3) is 0 Å². The minimum atomic E-state index is 0.728. The van der Waals surface area contributed by atoms with Gasteiger partial charge in [-0.15, -0.1) is 0 Å². The first-order valence-corrected chi connectivity index (χ1v) is 6.80. The van der Waals surface area contributed by atoms with Crippen molar-refractivity contribution in [3.63, 3.8) is 0 Å². The maximum atomic E-state index is 8.53. The lowest BCUT2D eigenvalue weighted by atomic mass is 10.3. The fourth-order valence-corrected chi connectivity index (χ4v) is 1.99. The predicted octanol–water partition coefficient (Wildman–Crippen LogP) is 1.13. The highest BCUT2D eigenvalue weighted by molar-refractivity contribution is 5.78. The summed E-state index contributed by atoms with van der Waals surface area (Å²) < 4.78 is 3.99. The Morgan fingerprint density at radius 3 is 1.68 bits per heavy atom. The van der Waals surface area contributed by atoms with Crippen LogP contribution in [0.1, 0.15) is 11.1 Å². The molecule has 0 amide bonds. The lowest BCUT2D eigenvalue weighted by Crippen LogP contribution is -2.34. The van der Waals surface area contributed by atoms with E-state index in [-0.39, 0.29) is 0 Å². The molecule has 0 saturated carbocycles. The summed E-state index contributed by atoms with van der Waals surface area (Å²) in [5, 5.41) is 23.1. The largest absolute Gasteiger partial charge is 0.411 e. The lowest BCUT2D eigenvalue weighted by molar-refractivity contribution is -0.691. The number of hydrogen-bond donors (Lipinski definition) is 2. The summed E-state index contributed by atoms with van der Waals surface area (Å²) in [5.41, 5.74) is 1.67. The van der Waals surface area contributed by atoms with Crippen LogP contribution in [0.2, 0.25) is 0 Å². The van der Waals surface area contributed by atoms with Gasteiger partial charge >= 0.3 is 0 Å². The van der Waals surface area contributed by atoms with E-state index in [1.54, 1.807) is 0 Å². The van der Waals surface area contributed by atoms with Crippen molar-refractivity contribution in [1.82, 2.24) is 0 Å². The van der Waals surface area contributed by atoms with Crippen LogP contribution in [0, 0.1) is 0 Å². The van der Waals surface area contributed by atoms with Crippen molar-refractivity contribution in [3.05, 3.63) is 72.3 Å². The standard InChI is InChI=1S/C16H16N4O2/c21-17-11-15-5-3-9-19(13-15)7-1-2-8-20-10-4-6-16(14-20)12-18-22/h1-6,9-14H,7-8H2/p+2/b2-1-,17-11-,18-12-. The lowest BCUT2D eigenvalue weighted by Gasteiger charge is -1.94. The second kappa shape index (κ2) is 8.31. The number of aromatic nitrogens is 2. The van der Waals surface area contributed by atoms with Gasteiger partial charge in [0.2, 0.25) is 0 Å². The van der Waals surface area contributed by atoms with Crippen molar-refractivity contribution in [2.45, 2.75) is 13.1 Å². The third-order valence-corrected chi connectivity index (χ3v) is 2.97. The van der Waals surface area contributed by atoms with E-state index in [1.807, 2.05) is 58.2 Å². The zero-order chi connectivity index (χ0) is 15.6. The average molecular weight is 298 g/mol. The van der Waals surface area contributed by atoms with Gasteiger partial charge in [-0.1, -0.05) is 10.3 Å². The van der Waals surface area contributed by atoms with Gasteiger partial charge in [-0.05, 0) is 24.3 Å². The van der Waals surface area contributed by atoms with E-state index in [9.17, 15) is 0 Å². The first-order chi connectivity index (χ1) is 10.8. The summed E-state index contributed by atoms with van der Waals surface area (Å²) in [6.45, 7) is 1.46. The highest BCUT2D eigenvalue weighted by atomic mass is 16.4. The highest BCUT2D eigenvalue weighted by Gasteiger charge is 2.00. The van der Waals surface area contributed by atoms with E-state index < -0.39 is 0 Å². The summed E-state index contributed by atoms with van der Waals surface area (Å²) >= 11 is 0. The van der Waals surface area contributed by atoms with E-state index in [1.165, 1.54) is 12.4 Å². The fraction of sp³-hybridized carbons (Fsp3) is 0.125. The van der Waals surface area contributed by atoms with Gasteiger partial charge in [0, 0.05) is 12.1 Å². The van der Waals surface area contributed by atoms with E-state index in [2.05, 4.69) is 22.5 Å². The maximum Gasteiger partial charge on any atom is 0.178 e. The molecule has 6 heteroatoms. The summed E-state index contributed by atoms with van der Waals surface area (Å²) in [6.07, 6.45) is 14.6. The molecule has 6 nitrogen and oxygen atoms in total. The highest BCUT2D eigenvalue weighted by Crippen LogP contribution is 1.91. The Labute approximate surface area is 128 Å². The molecule has 0 saturated heterocycles. The molecule has 0 atom stereocenters. The molecule has 0 aliphatic heterocycles. The molecular weight excluding hydrogens is 280 g/mol. The van der Waals surface area contributed by atoms with Crippen molar-refractivity contribution in [1.29, 1.82) is 0 Å². The summed E-state index contributed by atoms with van der Waals surface area (Å²) in [4.78, 5) is 0. The second-order valence-corrected chi connectivity index (χ2v) is 4.63. The van der Waals surface area contributed by atoms with Crippen LogP contribution in [-0.4, -0.2) is 22.8 Å². The van der Waals surface area contributed by atoms with Gasteiger partial charge in [-0.2, -0.15) is 0 Å². The molecule has 0 aliphatic carbocycles. The van der Waals surface area contributed by atoms with Crippen LogP contribution in [0.4, 0.5) is 0 Å². The summed E-state index contributed by atoms with van der Waals surface area (Å²) in [5.74, 6) is 0. The minimum Gasteiger partial charge on any atom is -0.411 e. The second-order valence-electron chi connectivity index (χ2n) is 4.63. The van der Waals surface area contributed by atoms with Crippen LogP contribution in [-0.2, 0) is 13.1 Å². The molecule has 2 N–H and O–H groups in total. The van der Waals surface area contributed by atoms with Gasteiger partial charge in [0.25, 0.3) is 0 Å². The first-order valence-electron chi connectivity index (χ1n) is 6.80. The van der Waals surface area contributed by atoms with Gasteiger partial charge in [0.1, 0.15) is 0 Å². The third-order valence-electron chi connectivity index (χ3n) is 2.97. The van der Waals surface area contributed by atoms with Crippen molar-refractivity contribution in [2.24, 2.45) is 10.3 Å². The first kappa shape index (κ1) is 15.4.